The Bertz CT molecular complexity index is 1080. The largest absolute Gasteiger partial charge is 0.454 e. The SMILES string of the molecule is CN(C)CCN(C(=O)C=Cc1ccc2c(c1)OCO2)c1nc2ccc(F)cc2s1. The Hall–Kier alpha value is -2.97. The van der Waals surface area contributed by atoms with Crippen LogP contribution in [0.5, 0.6) is 11.5 Å². The number of nitrogens with zero attached hydrogens (tertiary/aromatic N) is 3. The number of hydrogen-bond acceptors (Lipinski definition) is 6. The Labute approximate surface area is 171 Å². The van der Waals surface area contributed by atoms with E-state index >= 15 is 0 Å². The molecule has 1 aliphatic heterocycles. The molecule has 0 unspecified atom stereocenters. The summed E-state index contributed by atoms with van der Waals surface area (Å²) in [7, 11) is 3.89. The van der Waals surface area contributed by atoms with E-state index in [1.54, 1.807) is 17.0 Å². The molecule has 0 bridgehead atoms. The molecule has 1 amide bonds. The van der Waals surface area contributed by atoms with Gasteiger partial charge in [-0.25, -0.2) is 9.37 Å². The molecule has 0 N–H and O–H groups in total. The third kappa shape index (κ3) is 4.38. The summed E-state index contributed by atoms with van der Waals surface area (Å²) in [5, 5.41) is 0.549. The van der Waals surface area contributed by atoms with Crippen molar-refractivity contribution in [3.63, 3.8) is 0 Å². The maximum absolute atomic E-state index is 13.5. The van der Waals surface area contributed by atoms with Crippen LogP contribution in [0, 0.1) is 5.82 Å². The van der Waals surface area contributed by atoms with E-state index in [0.29, 0.717) is 39.9 Å². The third-order valence-electron chi connectivity index (χ3n) is 4.42. The van der Waals surface area contributed by atoms with Crippen molar-refractivity contribution in [3.8, 4) is 11.5 Å². The topological polar surface area (TPSA) is 54.9 Å². The lowest BCUT2D eigenvalue weighted by atomic mass is 10.2. The van der Waals surface area contributed by atoms with Gasteiger partial charge >= 0.3 is 0 Å². The Kier molecular flexibility index (Phi) is 5.46. The van der Waals surface area contributed by atoms with Crippen molar-refractivity contribution in [2.45, 2.75) is 0 Å². The minimum atomic E-state index is -0.318. The van der Waals surface area contributed by atoms with Crippen LogP contribution in [0.15, 0.2) is 42.5 Å². The van der Waals surface area contributed by atoms with Crippen LogP contribution in [0.4, 0.5) is 9.52 Å². The zero-order valence-electron chi connectivity index (χ0n) is 16.1. The summed E-state index contributed by atoms with van der Waals surface area (Å²) in [6, 6.07) is 9.95. The van der Waals surface area contributed by atoms with E-state index < -0.39 is 0 Å². The van der Waals surface area contributed by atoms with E-state index in [9.17, 15) is 9.18 Å². The van der Waals surface area contributed by atoms with E-state index in [1.165, 1.54) is 29.5 Å². The van der Waals surface area contributed by atoms with E-state index in [4.69, 9.17) is 9.47 Å². The summed E-state index contributed by atoms with van der Waals surface area (Å²) in [5.41, 5.74) is 1.51. The Morgan fingerprint density at radius 2 is 2.00 bits per heavy atom. The molecule has 0 aliphatic carbocycles. The number of amides is 1. The first-order valence-corrected chi connectivity index (χ1v) is 9.91. The van der Waals surface area contributed by atoms with Crippen molar-refractivity contribution in [1.82, 2.24) is 9.88 Å². The normalized spacial score (nSPS) is 13.0. The van der Waals surface area contributed by atoms with E-state index in [2.05, 4.69) is 4.98 Å². The maximum Gasteiger partial charge on any atom is 0.252 e. The molecule has 0 radical (unpaired) electrons. The number of likely N-dealkylation sites (N-methyl/N-ethyl adjacent to an activating group) is 1. The molecule has 150 valence electrons. The average Bonchev–Trinajstić information content (AvgIpc) is 3.32. The predicted molar refractivity (Wildman–Crippen MR) is 112 cm³/mol. The van der Waals surface area contributed by atoms with Crippen LogP contribution in [-0.4, -0.2) is 49.8 Å². The number of anilines is 1. The highest BCUT2D eigenvalue weighted by Gasteiger charge is 2.19. The molecule has 6 nitrogen and oxygen atoms in total. The number of thiazole rings is 1. The number of halogens is 1. The van der Waals surface area contributed by atoms with Gasteiger partial charge in [0.1, 0.15) is 5.82 Å². The number of fused-ring (bicyclic) bond motifs is 2. The van der Waals surface area contributed by atoms with Gasteiger partial charge in [0.25, 0.3) is 5.91 Å². The molecule has 0 saturated carbocycles. The molecule has 1 aliphatic rings. The van der Waals surface area contributed by atoms with Gasteiger partial charge in [-0.2, -0.15) is 0 Å². The number of hydrogen-bond donors (Lipinski definition) is 0. The van der Waals surface area contributed by atoms with Gasteiger partial charge in [-0.15, -0.1) is 0 Å². The highest BCUT2D eigenvalue weighted by Crippen LogP contribution is 2.33. The molecule has 29 heavy (non-hydrogen) atoms. The molecule has 2 aromatic carbocycles. The van der Waals surface area contributed by atoms with Crippen molar-refractivity contribution in [1.29, 1.82) is 0 Å². The van der Waals surface area contributed by atoms with Gasteiger partial charge in [0.15, 0.2) is 16.6 Å². The van der Waals surface area contributed by atoms with Gasteiger partial charge in [0.2, 0.25) is 6.79 Å². The van der Waals surface area contributed by atoms with Crippen LogP contribution in [-0.2, 0) is 4.79 Å². The Morgan fingerprint density at radius 3 is 2.83 bits per heavy atom. The van der Waals surface area contributed by atoms with Crippen molar-refractivity contribution in [2.24, 2.45) is 0 Å². The van der Waals surface area contributed by atoms with Crippen LogP contribution in [0.25, 0.3) is 16.3 Å². The number of aromatic nitrogens is 1. The Morgan fingerprint density at radius 1 is 1.17 bits per heavy atom. The molecule has 0 fully saturated rings. The fourth-order valence-corrected chi connectivity index (χ4v) is 3.90. The second-order valence-corrected chi connectivity index (χ2v) is 7.86. The fourth-order valence-electron chi connectivity index (χ4n) is 2.88. The molecular weight excluding hydrogens is 393 g/mol. The van der Waals surface area contributed by atoms with E-state index in [-0.39, 0.29) is 18.5 Å². The lowest BCUT2D eigenvalue weighted by Gasteiger charge is -2.20. The highest BCUT2D eigenvalue weighted by molar-refractivity contribution is 7.22. The summed E-state index contributed by atoms with van der Waals surface area (Å²) < 4.78 is 24.9. The smallest absolute Gasteiger partial charge is 0.252 e. The average molecular weight is 413 g/mol. The lowest BCUT2D eigenvalue weighted by Crippen LogP contribution is -2.35. The first-order chi connectivity index (χ1) is 14.0. The van der Waals surface area contributed by atoms with E-state index in [1.807, 2.05) is 37.2 Å². The number of carbonyl (C=O) groups excluding carboxylic acids is 1. The zero-order valence-corrected chi connectivity index (χ0v) is 16.9. The molecule has 2 heterocycles. The van der Waals surface area contributed by atoms with Gasteiger partial charge in [0.05, 0.1) is 10.2 Å². The standard InChI is InChI=1S/C21H20FN3O3S/c1-24(2)9-10-25(21-23-16-6-5-15(22)12-19(16)29-21)20(26)8-4-14-3-7-17-18(11-14)28-13-27-17/h3-8,11-12H,9-10,13H2,1-2H3. The fraction of sp³-hybridized carbons (Fsp3) is 0.238. The van der Waals surface area contributed by atoms with Crippen LogP contribution in [0.2, 0.25) is 0 Å². The predicted octanol–water partition coefficient (Wildman–Crippen LogP) is 3.77. The van der Waals surface area contributed by atoms with Crippen molar-refractivity contribution in [3.05, 3.63) is 53.9 Å². The number of rotatable bonds is 6. The lowest BCUT2D eigenvalue weighted by molar-refractivity contribution is -0.114. The monoisotopic (exact) mass is 413 g/mol. The minimum Gasteiger partial charge on any atom is -0.454 e. The minimum absolute atomic E-state index is 0.191. The number of carbonyl (C=O) groups is 1. The summed E-state index contributed by atoms with van der Waals surface area (Å²) in [4.78, 5) is 21.1. The van der Waals surface area contributed by atoms with Crippen molar-refractivity contribution in [2.75, 3.05) is 38.9 Å². The van der Waals surface area contributed by atoms with Gasteiger partial charge in [-0.3, -0.25) is 9.69 Å². The van der Waals surface area contributed by atoms with Crippen LogP contribution in [0.1, 0.15) is 5.56 Å². The highest BCUT2D eigenvalue weighted by atomic mass is 32.1. The summed E-state index contributed by atoms with van der Waals surface area (Å²) in [5.74, 6) is 0.852. The third-order valence-corrected chi connectivity index (χ3v) is 5.46. The maximum atomic E-state index is 13.5. The molecule has 1 aromatic heterocycles. The van der Waals surface area contributed by atoms with Crippen LogP contribution < -0.4 is 14.4 Å². The number of ether oxygens (including phenoxy) is 2. The second kappa shape index (κ2) is 8.18. The molecule has 4 rings (SSSR count). The quantitative estimate of drug-likeness (QED) is 0.576. The zero-order chi connectivity index (χ0) is 20.4. The summed E-state index contributed by atoms with van der Waals surface area (Å²) >= 11 is 1.30. The molecule has 0 atom stereocenters. The second-order valence-electron chi connectivity index (χ2n) is 6.85. The first-order valence-electron chi connectivity index (χ1n) is 9.10. The van der Waals surface area contributed by atoms with Crippen LogP contribution in [0.3, 0.4) is 0 Å². The molecule has 0 spiro atoms. The Balaban J connectivity index is 1.58. The molecule has 8 heteroatoms. The van der Waals surface area contributed by atoms with Crippen molar-refractivity contribution >= 4 is 38.7 Å². The summed E-state index contributed by atoms with van der Waals surface area (Å²) in [6.07, 6.45) is 3.25. The first kappa shape index (κ1) is 19.4. The van der Waals surface area contributed by atoms with Gasteiger partial charge in [-0.05, 0) is 56.1 Å². The molecule has 3 aromatic rings. The van der Waals surface area contributed by atoms with Gasteiger partial charge in [-0.1, -0.05) is 17.4 Å². The van der Waals surface area contributed by atoms with Gasteiger partial charge in [0, 0.05) is 19.2 Å². The van der Waals surface area contributed by atoms with E-state index in [0.717, 1.165) is 5.56 Å². The number of benzene rings is 2. The molecular formula is C21H20FN3O3S. The van der Waals surface area contributed by atoms with Crippen molar-refractivity contribution < 1.29 is 18.7 Å². The van der Waals surface area contributed by atoms with Crippen LogP contribution >= 0.6 is 11.3 Å². The molecule has 0 saturated heterocycles. The summed E-state index contributed by atoms with van der Waals surface area (Å²) in [6.45, 7) is 1.35. The van der Waals surface area contributed by atoms with Gasteiger partial charge < -0.3 is 14.4 Å².